The van der Waals surface area contributed by atoms with Crippen molar-refractivity contribution in [2.45, 2.75) is 50.0 Å². The minimum Gasteiger partial charge on any atom is -0.480 e. The molecule has 108 valence electrons. The van der Waals surface area contributed by atoms with Crippen LogP contribution in [0.5, 0.6) is 0 Å². The maximum absolute atomic E-state index is 12.5. The van der Waals surface area contributed by atoms with E-state index in [1.807, 2.05) is 0 Å². The molecule has 0 rings (SSSR count). The van der Waals surface area contributed by atoms with Crippen LogP contribution in [0.25, 0.3) is 0 Å². The van der Waals surface area contributed by atoms with E-state index in [2.05, 4.69) is 0 Å². The molecule has 0 bridgehead atoms. The van der Waals surface area contributed by atoms with Gasteiger partial charge in [0.2, 0.25) is 0 Å². The van der Waals surface area contributed by atoms with Crippen molar-refractivity contribution < 1.29 is 31.9 Å². The maximum Gasteiger partial charge on any atom is 0.453 e. The summed E-state index contributed by atoms with van der Waals surface area (Å²) >= 11 is 0.905. The van der Waals surface area contributed by atoms with Gasteiger partial charge in [0.1, 0.15) is 5.25 Å². The van der Waals surface area contributed by atoms with Gasteiger partial charge in [0.15, 0.2) is 0 Å². The Kier molecular flexibility index (Phi) is 6.94. The molecule has 0 amide bonds. The summed E-state index contributed by atoms with van der Waals surface area (Å²) in [5, 5.41) is 8.00. The lowest BCUT2D eigenvalue weighted by Crippen LogP contribution is -2.36. The molecule has 2 nitrogen and oxygen atoms in total. The summed E-state index contributed by atoms with van der Waals surface area (Å²) in [6.45, 7) is 1.77. The third kappa shape index (κ3) is 5.88. The first-order valence-corrected chi connectivity index (χ1v) is 6.45. The lowest BCUT2D eigenvalue weighted by atomic mass is 10.2. The van der Waals surface area contributed by atoms with Crippen molar-refractivity contribution in [1.82, 2.24) is 0 Å². The number of hydrogen-bond acceptors (Lipinski definition) is 2. The van der Waals surface area contributed by atoms with Crippen molar-refractivity contribution in [3.8, 4) is 0 Å². The smallest absolute Gasteiger partial charge is 0.453 e. The fraction of sp³-hybridized carbons (Fsp3) is 0.900. The molecule has 0 aromatic heterocycles. The largest absolute Gasteiger partial charge is 0.480 e. The van der Waals surface area contributed by atoms with Crippen LogP contribution in [0.1, 0.15) is 32.6 Å². The summed E-state index contributed by atoms with van der Waals surface area (Å²) < 4.78 is 60.5. The van der Waals surface area contributed by atoms with Crippen LogP contribution in [0.4, 0.5) is 22.0 Å². The molecule has 0 aromatic rings. The highest BCUT2D eigenvalue weighted by atomic mass is 32.2. The van der Waals surface area contributed by atoms with E-state index >= 15 is 0 Å². The predicted molar refractivity (Wildman–Crippen MR) is 59.0 cm³/mol. The van der Waals surface area contributed by atoms with Crippen molar-refractivity contribution in [3.05, 3.63) is 0 Å². The van der Waals surface area contributed by atoms with Gasteiger partial charge in [-0.15, -0.1) is 11.8 Å². The molecule has 18 heavy (non-hydrogen) atoms. The van der Waals surface area contributed by atoms with E-state index in [1.165, 1.54) is 0 Å². The van der Waals surface area contributed by atoms with Crippen LogP contribution >= 0.6 is 11.8 Å². The van der Waals surface area contributed by atoms with Crippen LogP contribution in [0.3, 0.4) is 0 Å². The average Bonchev–Trinajstić information content (AvgIpc) is 2.20. The van der Waals surface area contributed by atoms with E-state index in [9.17, 15) is 26.7 Å². The number of hydrogen-bond donors (Lipinski definition) is 1. The molecule has 0 aromatic carbocycles. The number of carbonyl (C=O) groups is 1. The van der Waals surface area contributed by atoms with Gasteiger partial charge in [0.25, 0.3) is 0 Å². The van der Waals surface area contributed by atoms with E-state index in [1.54, 1.807) is 6.92 Å². The first-order chi connectivity index (χ1) is 8.12. The molecule has 1 unspecified atom stereocenters. The number of rotatable bonds is 8. The normalized spacial score (nSPS) is 14.6. The van der Waals surface area contributed by atoms with Gasteiger partial charge in [-0.3, -0.25) is 4.79 Å². The van der Waals surface area contributed by atoms with E-state index < -0.39 is 29.7 Å². The second-order valence-electron chi connectivity index (χ2n) is 3.79. The molecule has 0 heterocycles. The highest BCUT2D eigenvalue weighted by Gasteiger charge is 2.56. The van der Waals surface area contributed by atoms with Gasteiger partial charge >= 0.3 is 18.1 Å². The third-order valence-electron chi connectivity index (χ3n) is 2.20. The molecule has 0 fully saturated rings. The topological polar surface area (TPSA) is 37.3 Å². The Morgan fingerprint density at radius 2 is 1.83 bits per heavy atom. The lowest BCUT2D eigenvalue weighted by molar-refractivity contribution is -0.284. The zero-order chi connectivity index (χ0) is 14.4. The molecule has 8 heteroatoms. The van der Waals surface area contributed by atoms with E-state index in [-0.39, 0.29) is 12.2 Å². The summed E-state index contributed by atoms with van der Waals surface area (Å²) in [6, 6.07) is 0. The monoisotopic (exact) mass is 294 g/mol. The van der Waals surface area contributed by atoms with Crippen molar-refractivity contribution in [3.63, 3.8) is 0 Å². The molecule has 0 aliphatic carbocycles. The van der Waals surface area contributed by atoms with Crippen molar-refractivity contribution >= 4 is 17.7 Å². The van der Waals surface area contributed by atoms with Gasteiger partial charge in [-0.25, -0.2) is 0 Å². The Morgan fingerprint density at radius 1 is 1.28 bits per heavy atom. The Labute approximate surface area is 106 Å². The first kappa shape index (κ1) is 17.5. The fourth-order valence-corrected chi connectivity index (χ4v) is 2.34. The van der Waals surface area contributed by atoms with Crippen molar-refractivity contribution in [1.29, 1.82) is 0 Å². The highest BCUT2D eigenvalue weighted by molar-refractivity contribution is 8.00. The average molecular weight is 294 g/mol. The van der Waals surface area contributed by atoms with E-state index in [0.717, 1.165) is 11.8 Å². The van der Waals surface area contributed by atoms with Gasteiger partial charge in [0.05, 0.1) is 0 Å². The molecule has 0 saturated heterocycles. The number of thioether (sulfide) groups is 1. The molecule has 0 aliphatic heterocycles. The van der Waals surface area contributed by atoms with Crippen LogP contribution in [-0.4, -0.2) is 34.2 Å². The summed E-state index contributed by atoms with van der Waals surface area (Å²) in [7, 11) is 0. The van der Waals surface area contributed by atoms with Crippen molar-refractivity contribution in [2.75, 3.05) is 5.75 Å². The predicted octanol–water partition coefficient (Wildman–Crippen LogP) is 3.95. The maximum atomic E-state index is 12.5. The van der Waals surface area contributed by atoms with E-state index in [4.69, 9.17) is 5.11 Å². The zero-order valence-corrected chi connectivity index (χ0v) is 10.6. The quantitative estimate of drug-likeness (QED) is 0.544. The Bertz CT molecular complexity index is 267. The lowest BCUT2D eigenvalue weighted by Gasteiger charge is -2.19. The standard InChI is InChI=1S/C10H15F5O2S/c1-2-4-7(8(16)17)18-6-3-5-9(11,12)10(13,14)15/h7H,2-6H2,1H3,(H,16,17). The van der Waals surface area contributed by atoms with Crippen LogP contribution in [-0.2, 0) is 4.79 Å². The van der Waals surface area contributed by atoms with Crippen LogP contribution in [0, 0.1) is 0 Å². The Morgan fingerprint density at radius 3 is 2.22 bits per heavy atom. The fourth-order valence-electron chi connectivity index (χ4n) is 1.20. The first-order valence-electron chi connectivity index (χ1n) is 5.40. The third-order valence-corrected chi connectivity index (χ3v) is 3.56. The number of aliphatic carboxylic acids is 1. The molecule has 0 saturated carbocycles. The highest BCUT2D eigenvalue weighted by Crippen LogP contribution is 2.39. The minimum atomic E-state index is -5.53. The minimum absolute atomic E-state index is 0.0252. The van der Waals surface area contributed by atoms with Gasteiger partial charge in [-0.2, -0.15) is 22.0 Å². The number of alkyl halides is 5. The summed E-state index contributed by atoms with van der Waals surface area (Å²) in [4.78, 5) is 10.7. The molecule has 0 aliphatic rings. The van der Waals surface area contributed by atoms with Gasteiger partial charge in [-0.05, 0) is 18.6 Å². The van der Waals surface area contributed by atoms with Gasteiger partial charge in [-0.1, -0.05) is 13.3 Å². The van der Waals surface area contributed by atoms with Crippen molar-refractivity contribution in [2.24, 2.45) is 0 Å². The summed E-state index contributed by atoms with van der Waals surface area (Å²) in [6.07, 6.45) is -6.22. The second-order valence-corrected chi connectivity index (χ2v) is 5.10. The van der Waals surface area contributed by atoms with E-state index in [0.29, 0.717) is 12.8 Å². The number of halogens is 5. The molecule has 1 N–H and O–H groups in total. The van der Waals surface area contributed by atoms with Gasteiger partial charge < -0.3 is 5.11 Å². The molecule has 0 spiro atoms. The van der Waals surface area contributed by atoms with Crippen LogP contribution < -0.4 is 0 Å². The van der Waals surface area contributed by atoms with Crippen LogP contribution in [0.15, 0.2) is 0 Å². The Hall–Kier alpha value is -0.530. The number of carboxylic acid groups (broad SMARTS) is 1. The van der Waals surface area contributed by atoms with Gasteiger partial charge in [0, 0.05) is 6.42 Å². The number of carboxylic acids is 1. The summed E-state index contributed by atoms with van der Waals surface area (Å²) in [5.41, 5.74) is 0. The molecule has 1 atom stereocenters. The molecular weight excluding hydrogens is 279 g/mol. The zero-order valence-electron chi connectivity index (χ0n) is 9.77. The van der Waals surface area contributed by atoms with Crippen LogP contribution in [0.2, 0.25) is 0 Å². The second kappa shape index (κ2) is 7.16. The summed E-state index contributed by atoms with van der Waals surface area (Å²) in [5.74, 6) is -5.79. The Balaban J connectivity index is 4.02. The molecular formula is C10H15F5O2S. The molecule has 0 radical (unpaired) electrons. The SMILES string of the molecule is CCCC(SCCCC(F)(F)C(F)(F)F)C(=O)O.